The summed E-state index contributed by atoms with van der Waals surface area (Å²) in [6.07, 6.45) is 4.36. The minimum atomic E-state index is 0.264. The molecule has 0 aromatic rings. The molecule has 0 radical (unpaired) electrons. The van der Waals surface area contributed by atoms with E-state index < -0.39 is 0 Å². The van der Waals surface area contributed by atoms with Crippen molar-refractivity contribution in [3.63, 3.8) is 0 Å². The molecule has 0 N–H and O–H groups in total. The van der Waals surface area contributed by atoms with Crippen molar-refractivity contribution in [3.8, 4) is 0 Å². The average Bonchev–Trinajstić information content (AvgIpc) is 1.83. The van der Waals surface area contributed by atoms with Crippen LogP contribution in [0.15, 0.2) is 22.6 Å². The lowest BCUT2D eigenvalue weighted by molar-refractivity contribution is 0.517. The third kappa shape index (κ3) is 4.66. The summed E-state index contributed by atoms with van der Waals surface area (Å²) in [6.45, 7) is 11.0. The molecule has 0 spiro atoms. The maximum Gasteiger partial charge on any atom is -0.0127 e. The Kier molecular flexibility index (Phi) is 4.69. The highest BCUT2D eigenvalue weighted by molar-refractivity contribution is 8.01. The number of rotatable bonds is 2. The first-order valence-corrected chi connectivity index (χ1v) is 5.55. The minimum Gasteiger partial charge on any atom is -0.137 e. The van der Waals surface area contributed by atoms with E-state index in [1.807, 2.05) is 0 Å². The van der Waals surface area contributed by atoms with Gasteiger partial charge in [-0.2, -0.15) is 0 Å². The van der Waals surface area contributed by atoms with Crippen LogP contribution in [-0.4, -0.2) is 6.26 Å². The molecule has 0 unspecified atom stereocenters. The third-order valence-corrected chi connectivity index (χ3v) is 2.04. The Morgan fingerprint density at radius 3 is 1.92 bits per heavy atom. The van der Waals surface area contributed by atoms with Gasteiger partial charge in [0, 0.05) is 0 Å². The molecule has 70 valence electrons. The van der Waals surface area contributed by atoms with Crippen LogP contribution in [0.5, 0.6) is 0 Å². The van der Waals surface area contributed by atoms with E-state index in [0.29, 0.717) is 0 Å². The summed E-state index contributed by atoms with van der Waals surface area (Å²) in [5.41, 5.74) is 3.04. The largest absolute Gasteiger partial charge is 0.137 e. The van der Waals surface area contributed by atoms with Crippen LogP contribution in [-0.2, 0) is 0 Å². The van der Waals surface area contributed by atoms with Crippen LogP contribution in [0, 0.1) is 5.41 Å². The quantitative estimate of drug-likeness (QED) is 0.578. The van der Waals surface area contributed by atoms with Crippen molar-refractivity contribution in [1.29, 1.82) is 0 Å². The van der Waals surface area contributed by atoms with Gasteiger partial charge in [0.15, 0.2) is 0 Å². The van der Waals surface area contributed by atoms with E-state index in [1.54, 1.807) is 11.8 Å². The monoisotopic (exact) mass is 184 g/mol. The minimum absolute atomic E-state index is 0.264. The van der Waals surface area contributed by atoms with Gasteiger partial charge < -0.3 is 0 Å². The number of thioether (sulfide) groups is 1. The molecule has 0 rings (SSSR count). The van der Waals surface area contributed by atoms with E-state index in [1.165, 1.54) is 11.1 Å². The lowest BCUT2D eigenvalue weighted by Crippen LogP contribution is -2.07. The molecule has 0 aliphatic rings. The normalized spacial score (nSPS) is 13.0. The summed E-state index contributed by atoms with van der Waals surface area (Å²) < 4.78 is 0. The molecule has 0 aromatic carbocycles. The molecule has 0 saturated heterocycles. The molecule has 0 aliphatic heterocycles. The Labute approximate surface area is 81.1 Å². The molecular formula is C11H20S. The molecule has 0 bridgehead atoms. The molecule has 0 atom stereocenters. The van der Waals surface area contributed by atoms with Gasteiger partial charge in [-0.1, -0.05) is 32.4 Å². The highest BCUT2D eigenvalue weighted by Crippen LogP contribution is 2.28. The molecule has 0 aliphatic carbocycles. The van der Waals surface area contributed by atoms with Gasteiger partial charge in [-0.3, -0.25) is 0 Å². The third-order valence-electron chi connectivity index (χ3n) is 1.56. The molecular weight excluding hydrogens is 164 g/mol. The summed E-state index contributed by atoms with van der Waals surface area (Å²) in [5.74, 6) is 0. The van der Waals surface area contributed by atoms with Crippen LogP contribution in [0.25, 0.3) is 0 Å². The average molecular weight is 184 g/mol. The fraction of sp³-hybridized carbons (Fsp3) is 0.636. The van der Waals surface area contributed by atoms with Crippen LogP contribution in [0.3, 0.4) is 0 Å². The van der Waals surface area contributed by atoms with Gasteiger partial charge >= 0.3 is 0 Å². The number of hydrogen-bond donors (Lipinski definition) is 0. The predicted octanol–water partition coefficient (Wildman–Crippen LogP) is 4.25. The van der Waals surface area contributed by atoms with Crippen molar-refractivity contribution < 1.29 is 0 Å². The topological polar surface area (TPSA) is 0 Å². The van der Waals surface area contributed by atoms with E-state index in [2.05, 4.69) is 52.4 Å². The number of hydrogen-bond acceptors (Lipinski definition) is 1. The first-order chi connectivity index (χ1) is 5.38. The van der Waals surface area contributed by atoms with Crippen LogP contribution in [0.1, 0.15) is 34.6 Å². The van der Waals surface area contributed by atoms with Crippen LogP contribution in [0.4, 0.5) is 0 Å². The Morgan fingerprint density at radius 2 is 1.67 bits per heavy atom. The highest BCUT2D eigenvalue weighted by atomic mass is 32.2. The molecule has 0 heterocycles. The summed E-state index contributed by atoms with van der Waals surface area (Å²) in [5, 5.41) is 2.23. The Balaban J connectivity index is 4.70. The molecule has 0 amide bonds. The van der Waals surface area contributed by atoms with E-state index in [9.17, 15) is 0 Å². The lowest BCUT2D eigenvalue weighted by Gasteiger charge is -2.20. The second-order valence-corrected chi connectivity index (χ2v) is 4.99. The van der Waals surface area contributed by atoms with Gasteiger partial charge in [-0.25, -0.2) is 0 Å². The van der Waals surface area contributed by atoms with Gasteiger partial charge in [0.2, 0.25) is 0 Å². The maximum absolute atomic E-state index is 2.26. The Bertz CT molecular complexity index is 188. The van der Waals surface area contributed by atoms with Crippen molar-refractivity contribution >= 4 is 11.8 Å². The fourth-order valence-electron chi connectivity index (χ4n) is 0.865. The van der Waals surface area contributed by atoms with Gasteiger partial charge in [0.1, 0.15) is 0 Å². The van der Waals surface area contributed by atoms with Crippen molar-refractivity contribution in [2.24, 2.45) is 5.41 Å². The predicted molar refractivity (Wildman–Crippen MR) is 60.5 cm³/mol. The van der Waals surface area contributed by atoms with Gasteiger partial charge in [0.05, 0.1) is 0 Å². The van der Waals surface area contributed by atoms with E-state index in [0.717, 1.165) is 0 Å². The van der Waals surface area contributed by atoms with Crippen molar-refractivity contribution in [2.45, 2.75) is 34.6 Å². The zero-order valence-electron chi connectivity index (χ0n) is 9.06. The second kappa shape index (κ2) is 4.76. The van der Waals surface area contributed by atoms with Gasteiger partial charge in [0.25, 0.3) is 0 Å². The Morgan fingerprint density at radius 1 is 1.17 bits per heavy atom. The van der Waals surface area contributed by atoms with Crippen molar-refractivity contribution in [3.05, 3.63) is 22.6 Å². The zero-order valence-corrected chi connectivity index (χ0v) is 9.88. The maximum atomic E-state index is 2.26. The van der Waals surface area contributed by atoms with Crippen molar-refractivity contribution in [1.82, 2.24) is 0 Å². The fourth-order valence-corrected chi connectivity index (χ4v) is 1.54. The Hall–Kier alpha value is -0.170. The lowest BCUT2D eigenvalue weighted by atomic mass is 9.87. The molecule has 0 nitrogen and oxygen atoms in total. The molecule has 0 saturated carbocycles. The summed E-state index contributed by atoms with van der Waals surface area (Å²) >= 11 is 1.77. The first kappa shape index (κ1) is 11.8. The van der Waals surface area contributed by atoms with Gasteiger partial charge in [-0.05, 0) is 36.5 Å². The molecule has 12 heavy (non-hydrogen) atoms. The summed E-state index contributed by atoms with van der Waals surface area (Å²) in [6, 6.07) is 0. The van der Waals surface area contributed by atoms with Gasteiger partial charge in [-0.15, -0.1) is 11.8 Å². The molecule has 0 fully saturated rings. The standard InChI is InChI=1S/C11H20S/c1-9(2)7-10(8-12-6)11(3,4)5/h7-8H,1-6H3/b10-8+. The smallest absolute Gasteiger partial charge is 0.0127 e. The zero-order chi connectivity index (χ0) is 9.78. The van der Waals surface area contributed by atoms with E-state index in [4.69, 9.17) is 0 Å². The molecule has 0 aromatic heterocycles. The van der Waals surface area contributed by atoms with E-state index in [-0.39, 0.29) is 5.41 Å². The molecule has 1 heteroatoms. The van der Waals surface area contributed by atoms with Crippen molar-refractivity contribution in [2.75, 3.05) is 6.26 Å². The SMILES string of the molecule is CS/C=C(\C=C(C)C)C(C)(C)C. The highest BCUT2D eigenvalue weighted by Gasteiger charge is 2.13. The van der Waals surface area contributed by atoms with Crippen LogP contribution < -0.4 is 0 Å². The second-order valence-electron chi connectivity index (χ2n) is 4.28. The summed E-state index contributed by atoms with van der Waals surface area (Å²) in [7, 11) is 0. The number of allylic oxidation sites excluding steroid dienone is 3. The first-order valence-electron chi connectivity index (χ1n) is 4.26. The van der Waals surface area contributed by atoms with Crippen LogP contribution in [0.2, 0.25) is 0 Å². The van der Waals surface area contributed by atoms with Crippen LogP contribution >= 0.6 is 11.8 Å². The summed E-state index contributed by atoms with van der Waals surface area (Å²) in [4.78, 5) is 0. The van der Waals surface area contributed by atoms with E-state index >= 15 is 0 Å².